The van der Waals surface area contributed by atoms with E-state index >= 15 is 0 Å². The van der Waals surface area contributed by atoms with Crippen molar-refractivity contribution in [3.63, 3.8) is 0 Å². The highest BCUT2D eigenvalue weighted by Crippen LogP contribution is 2.26. The number of nitrogen functional groups attached to an aromatic ring is 1. The summed E-state index contributed by atoms with van der Waals surface area (Å²) < 4.78 is 32.6. The van der Waals surface area contributed by atoms with Gasteiger partial charge in [0.2, 0.25) is 11.1 Å². The van der Waals surface area contributed by atoms with Crippen molar-refractivity contribution in [2.24, 2.45) is 0 Å². The highest BCUT2D eigenvalue weighted by molar-refractivity contribution is 8.00. The Bertz CT molecular complexity index is 994. The molecular weight excluding hydrogens is 388 g/mol. The molecule has 1 aromatic heterocycles. The molecule has 1 atom stereocenters. The second kappa shape index (κ2) is 8.26. The number of aromatic nitrogens is 3. The molecule has 7 nitrogen and oxygen atoms in total. The van der Waals surface area contributed by atoms with E-state index in [0.29, 0.717) is 16.7 Å². The van der Waals surface area contributed by atoms with Gasteiger partial charge in [0.05, 0.1) is 12.4 Å². The summed E-state index contributed by atoms with van der Waals surface area (Å²) in [6, 6.07) is 10.3. The summed E-state index contributed by atoms with van der Waals surface area (Å²) in [5.74, 6) is 4.75. The van der Waals surface area contributed by atoms with E-state index in [-0.39, 0.29) is 5.69 Å². The van der Waals surface area contributed by atoms with Crippen LogP contribution in [-0.2, 0) is 4.79 Å². The average Bonchev–Trinajstić information content (AvgIpc) is 3.05. The predicted molar refractivity (Wildman–Crippen MR) is 102 cm³/mol. The van der Waals surface area contributed by atoms with Gasteiger partial charge in [-0.3, -0.25) is 4.79 Å². The highest BCUT2D eigenvalue weighted by atomic mass is 32.2. The number of ether oxygens (including phenoxy) is 1. The number of hydrogen-bond acceptors (Lipinski definition) is 6. The van der Waals surface area contributed by atoms with Gasteiger partial charge in [0.15, 0.2) is 17.5 Å². The number of nitrogens with two attached hydrogens (primary N) is 1. The lowest BCUT2D eigenvalue weighted by Gasteiger charge is -2.12. The number of rotatable bonds is 6. The Morgan fingerprint density at radius 3 is 2.54 bits per heavy atom. The molecule has 0 unspecified atom stereocenters. The maximum absolute atomic E-state index is 13.3. The molecular formula is C18H17F2N5O2S. The number of halogens is 2. The van der Waals surface area contributed by atoms with Crippen molar-refractivity contribution in [3.8, 4) is 17.1 Å². The SMILES string of the molecule is COc1ccc(-c2nnc(S[C@H](C)C(=O)Nc3ccc(F)c(F)c3)n2N)cc1. The van der Waals surface area contributed by atoms with Gasteiger partial charge < -0.3 is 15.9 Å². The molecule has 0 fully saturated rings. The molecule has 0 spiro atoms. The van der Waals surface area contributed by atoms with Crippen molar-refractivity contribution in [3.05, 3.63) is 54.1 Å². The third-order valence-electron chi connectivity index (χ3n) is 3.85. The molecule has 1 heterocycles. The third kappa shape index (κ3) is 4.22. The Morgan fingerprint density at radius 2 is 1.89 bits per heavy atom. The van der Waals surface area contributed by atoms with Crippen LogP contribution < -0.4 is 15.9 Å². The Balaban J connectivity index is 1.69. The largest absolute Gasteiger partial charge is 0.497 e. The molecule has 0 saturated carbocycles. The van der Waals surface area contributed by atoms with Gasteiger partial charge in [-0.2, -0.15) is 0 Å². The van der Waals surface area contributed by atoms with Gasteiger partial charge in [-0.1, -0.05) is 11.8 Å². The van der Waals surface area contributed by atoms with Crippen LogP contribution in [0.5, 0.6) is 5.75 Å². The molecule has 0 saturated heterocycles. The molecule has 0 bridgehead atoms. The van der Waals surface area contributed by atoms with Gasteiger partial charge in [0.25, 0.3) is 0 Å². The minimum atomic E-state index is -1.04. The van der Waals surface area contributed by atoms with E-state index in [1.54, 1.807) is 38.3 Å². The Labute approximate surface area is 163 Å². The molecule has 2 aromatic carbocycles. The smallest absolute Gasteiger partial charge is 0.237 e. The average molecular weight is 405 g/mol. The van der Waals surface area contributed by atoms with Crippen molar-refractivity contribution < 1.29 is 18.3 Å². The van der Waals surface area contributed by atoms with E-state index in [9.17, 15) is 13.6 Å². The molecule has 1 amide bonds. The molecule has 0 aliphatic rings. The maximum Gasteiger partial charge on any atom is 0.237 e. The van der Waals surface area contributed by atoms with Crippen molar-refractivity contribution in [2.75, 3.05) is 18.3 Å². The number of hydrogen-bond donors (Lipinski definition) is 2. The fourth-order valence-corrected chi connectivity index (χ4v) is 3.09. The lowest BCUT2D eigenvalue weighted by atomic mass is 10.2. The third-order valence-corrected chi connectivity index (χ3v) is 4.91. The summed E-state index contributed by atoms with van der Waals surface area (Å²) in [4.78, 5) is 12.3. The lowest BCUT2D eigenvalue weighted by molar-refractivity contribution is -0.115. The first kappa shape index (κ1) is 19.6. The van der Waals surface area contributed by atoms with Gasteiger partial charge in [-0.25, -0.2) is 13.5 Å². The van der Waals surface area contributed by atoms with Gasteiger partial charge in [-0.15, -0.1) is 10.2 Å². The van der Waals surface area contributed by atoms with Crippen molar-refractivity contribution >= 4 is 23.4 Å². The number of methoxy groups -OCH3 is 1. The van der Waals surface area contributed by atoms with E-state index in [1.165, 1.54) is 10.7 Å². The molecule has 3 N–H and O–H groups in total. The van der Waals surface area contributed by atoms with Crippen LogP contribution in [0.15, 0.2) is 47.6 Å². The summed E-state index contributed by atoms with van der Waals surface area (Å²) in [5.41, 5.74) is 0.894. The minimum absolute atomic E-state index is 0.157. The van der Waals surface area contributed by atoms with Crippen LogP contribution in [-0.4, -0.2) is 33.1 Å². The Morgan fingerprint density at radius 1 is 1.18 bits per heavy atom. The summed E-state index contributed by atoms with van der Waals surface area (Å²) in [5, 5.41) is 10.3. The van der Waals surface area contributed by atoms with Gasteiger partial charge in [0.1, 0.15) is 5.75 Å². The minimum Gasteiger partial charge on any atom is -0.497 e. The van der Waals surface area contributed by atoms with Crippen molar-refractivity contribution in [1.29, 1.82) is 0 Å². The van der Waals surface area contributed by atoms with Crippen LogP contribution in [0.3, 0.4) is 0 Å². The molecule has 0 radical (unpaired) electrons. The molecule has 0 aliphatic heterocycles. The number of nitrogens with one attached hydrogen (secondary N) is 1. The van der Waals surface area contributed by atoms with Crippen molar-refractivity contribution in [2.45, 2.75) is 17.3 Å². The van der Waals surface area contributed by atoms with Crippen molar-refractivity contribution in [1.82, 2.24) is 14.9 Å². The fraction of sp³-hybridized carbons (Fsp3) is 0.167. The number of anilines is 1. The summed E-state index contributed by atoms with van der Waals surface area (Å²) in [6.45, 7) is 1.64. The van der Waals surface area contributed by atoms with E-state index in [0.717, 1.165) is 29.5 Å². The first-order chi connectivity index (χ1) is 13.4. The molecule has 146 valence electrons. The zero-order valence-electron chi connectivity index (χ0n) is 15.0. The van der Waals surface area contributed by atoms with Crippen LogP contribution in [0.1, 0.15) is 6.92 Å². The normalized spacial score (nSPS) is 11.9. The second-order valence-corrected chi connectivity index (χ2v) is 7.09. The zero-order valence-corrected chi connectivity index (χ0v) is 15.8. The van der Waals surface area contributed by atoms with Gasteiger partial charge in [0, 0.05) is 17.3 Å². The number of carbonyl (C=O) groups excluding carboxylic acids is 1. The molecule has 10 heteroatoms. The number of benzene rings is 2. The highest BCUT2D eigenvalue weighted by Gasteiger charge is 2.20. The first-order valence-electron chi connectivity index (χ1n) is 8.16. The number of carbonyl (C=O) groups is 1. The predicted octanol–water partition coefficient (Wildman–Crippen LogP) is 3.07. The topological polar surface area (TPSA) is 95.1 Å². The van der Waals surface area contributed by atoms with E-state index < -0.39 is 22.8 Å². The molecule has 28 heavy (non-hydrogen) atoms. The van der Waals surface area contributed by atoms with Crippen LogP contribution in [0.2, 0.25) is 0 Å². The fourth-order valence-electron chi connectivity index (χ4n) is 2.32. The van der Waals surface area contributed by atoms with Gasteiger partial charge >= 0.3 is 0 Å². The number of amides is 1. The maximum atomic E-state index is 13.3. The van der Waals surface area contributed by atoms with Crippen LogP contribution in [0, 0.1) is 11.6 Å². The van der Waals surface area contributed by atoms with Crippen LogP contribution in [0.25, 0.3) is 11.4 Å². The summed E-state index contributed by atoms with van der Waals surface area (Å²) in [7, 11) is 1.57. The second-order valence-electron chi connectivity index (χ2n) is 5.78. The van der Waals surface area contributed by atoms with E-state index in [1.807, 2.05) is 0 Å². The summed E-state index contributed by atoms with van der Waals surface area (Å²) >= 11 is 1.09. The molecule has 3 rings (SSSR count). The Kier molecular flexibility index (Phi) is 5.78. The quantitative estimate of drug-likeness (QED) is 0.483. The van der Waals surface area contributed by atoms with E-state index in [4.69, 9.17) is 10.6 Å². The summed E-state index contributed by atoms with van der Waals surface area (Å²) in [6.07, 6.45) is 0. The van der Waals surface area contributed by atoms with Crippen LogP contribution >= 0.6 is 11.8 Å². The first-order valence-corrected chi connectivity index (χ1v) is 9.04. The number of nitrogens with zero attached hydrogens (tertiary/aromatic N) is 3. The molecule has 3 aromatic rings. The Hall–Kier alpha value is -3.14. The number of thioether (sulfide) groups is 1. The monoisotopic (exact) mass is 405 g/mol. The molecule has 0 aliphatic carbocycles. The lowest BCUT2D eigenvalue weighted by Crippen LogP contribution is -2.23. The van der Waals surface area contributed by atoms with E-state index in [2.05, 4.69) is 15.5 Å². The van der Waals surface area contributed by atoms with Gasteiger partial charge in [-0.05, 0) is 43.3 Å². The standard InChI is InChI=1S/C18H17F2N5O2S/c1-10(17(26)22-12-5-8-14(19)15(20)9-12)28-18-24-23-16(25(18)21)11-3-6-13(27-2)7-4-11/h3-10H,21H2,1-2H3,(H,22,26)/t10-/m1/s1. The zero-order chi connectivity index (χ0) is 20.3. The van der Waals surface area contributed by atoms with Crippen LogP contribution in [0.4, 0.5) is 14.5 Å².